The number of hydrogen-bond acceptors (Lipinski definition) is 3. The topological polar surface area (TPSA) is 75.3 Å². The summed E-state index contributed by atoms with van der Waals surface area (Å²) in [6.45, 7) is 8.22. The number of sulfonamides is 1. The molecule has 0 fully saturated rings. The lowest BCUT2D eigenvalue weighted by atomic mass is 10.0. The highest BCUT2D eigenvalue weighted by Crippen LogP contribution is 2.22. The molecule has 2 aromatic rings. The van der Waals surface area contributed by atoms with E-state index in [1.54, 1.807) is 38.1 Å². The van der Waals surface area contributed by atoms with Crippen LogP contribution in [0.2, 0.25) is 0 Å². The summed E-state index contributed by atoms with van der Waals surface area (Å²) in [4.78, 5) is 12.5. The Morgan fingerprint density at radius 1 is 0.931 bits per heavy atom. The van der Waals surface area contributed by atoms with Crippen LogP contribution in [0, 0.1) is 17.7 Å². The minimum Gasteiger partial charge on any atom is -0.355 e. The van der Waals surface area contributed by atoms with Crippen molar-refractivity contribution in [2.24, 2.45) is 11.8 Å². The smallest absolute Gasteiger partial charge is 0.241 e. The first-order valence-corrected chi connectivity index (χ1v) is 11.2. The van der Waals surface area contributed by atoms with Crippen LogP contribution in [-0.4, -0.2) is 26.9 Å². The number of carbonyl (C=O) groups excluding carboxylic acids is 1. The van der Waals surface area contributed by atoms with Crippen molar-refractivity contribution in [3.63, 3.8) is 0 Å². The number of hydrogen-bond donors (Lipinski definition) is 2. The number of amides is 1. The molecule has 2 rings (SSSR count). The first kappa shape index (κ1) is 23.0. The predicted octanol–water partition coefficient (Wildman–Crippen LogP) is 3.96. The van der Waals surface area contributed by atoms with Crippen LogP contribution in [-0.2, 0) is 14.8 Å². The molecule has 1 amide bonds. The standard InChI is InChI=1S/C22H29FN2O3S/c1-15(2)13-14-24-22(26)21(16(3)4)25-29(27,28)20-11-7-18(8-12-20)17-5-9-19(23)10-6-17/h5-12,15-16,21,25H,13-14H2,1-4H3,(H,24,26). The molecule has 7 heteroatoms. The summed E-state index contributed by atoms with van der Waals surface area (Å²) in [5.74, 6) is -0.415. The molecule has 0 bridgehead atoms. The molecule has 0 aliphatic carbocycles. The van der Waals surface area contributed by atoms with Gasteiger partial charge < -0.3 is 5.32 Å². The van der Waals surface area contributed by atoms with Crippen molar-refractivity contribution in [3.05, 3.63) is 54.3 Å². The first-order valence-electron chi connectivity index (χ1n) is 9.76. The Hall–Kier alpha value is -2.25. The van der Waals surface area contributed by atoms with Gasteiger partial charge in [0.2, 0.25) is 15.9 Å². The predicted molar refractivity (Wildman–Crippen MR) is 113 cm³/mol. The zero-order valence-corrected chi connectivity index (χ0v) is 18.1. The van der Waals surface area contributed by atoms with Crippen LogP contribution in [0.4, 0.5) is 4.39 Å². The van der Waals surface area contributed by atoms with Gasteiger partial charge in [0.1, 0.15) is 11.9 Å². The molecular weight excluding hydrogens is 391 g/mol. The Morgan fingerprint density at radius 2 is 1.45 bits per heavy atom. The number of carbonyl (C=O) groups is 1. The van der Waals surface area contributed by atoms with Gasteiger partial charge in [-0.1, -0.05) is 52.0 Å². The molecule has 0 heterocycles. The van der Waals surface area contributed by atoms with E-state index < -0.39 is 16.1 Å². The lowest BCUT2D eigenvalue weighted by Crippen LogP contribution is -2.49. The Balaban J connectivity index is 2.13. The normalized spacial score (nSPS) is 12.9. The van der Waals surface area contributed by atoms with Crippen LogP contribution in [0.3, 0.4) is 0 Å². The maximum atomic E-state index is 13.1. The van der Waals surface area contributed by atoms with Crippen molar-refractivity contribution in [2.45, 2.75) is 45.1 Å². The Morgan fingerprint density at radius 3 is 1.93 bits per heavy atom. The quantitative estimate of drug-likeness (QED) is 0.645. The van der Waals surface area contributed by atoms with Crippen LogP contribution >= 0.6 is 0 Å². The van der Waals surface area contributed by atoms with Crippen molar-refractivity contribution in [2.75, 3.05) is 6.54 Å². The average molecular weight is 421 g/mol. The molecule has 29 heavy (non-hydrogen) atoms. The van der Waals surface area contributed by atoms with Gasteiger partial charge in [-0.3, -0.25) is 4.79 Å². The summed E-state index contributed by atoms with van der Waals surface area (Å²) < 4.78 is 41.2. The molecule has 1 atom stereocenters. The van der Waals surface area contributed by atoms with E-state index >= 15 is 0 Å². The van der Waals surface area contributed by atoms with Gasteiger partial charge in [-0.15, -0.1) is 0 Å². The molecule has 0 aromatic heterocycles. The van der Waals surface area contributed by atoms with E-state index in [1.165, 1.54) is 24.3 Å². The number of benzene rings is 2. The largest absolute Gasteiger partial charge is 0.355 e. The van der Waals surface area contributed by atoms with E-state index in [-0.39, 0.29) is 22.5 Å². The fraction of sp³-hybridized carbons (Fsp3) is 0.409. The monoisotopic (exact) mass is 420 g/mol. The maximum Gasteiger partial charge on any atom is 0.241 e. The zero-order valence-electron chi connectivity index (χ0n) is 17.3. The molecule has 0 saturated carbocycles. The summed E-state index contributed by atoms with van der Waals surface area (Å²) in [6, 6.07) is 11.4. The molecule has 0 radical (unpaired) electrons. The van der Waals surface area contributed by atoms with Crippen molar-refractivity contribution in [1.29, 1.82) is 0 Å². The third-order valence-electron chi connectivity index (χ3n) is 4.59. The molecule has 158 valence electrons. The third-order valence-corrected chi connectivity index (χ3v) is 6.05. The first-order chi connectivity index (χ1) is 13.6. The molecule has 2 N–H and O–H groups in total. The average Bonchev–Trinajstić information content (AvgIpc) is 2.66. The summed E-state index contributed by atoms with van der Waals surface area (Å²) in [7, 11) is -3.87. The second-order valence-corrected chi connectivity index (χ2v) is 9.56. The van der Waals surface area contributed by atoms with Crippen LogP contribution in [0.15, 0.2) is 53.4 Å². The van der Waals surface area contributed by atoms with Gasteiger partial charge in [-0.2, -0.15) is 4.72 Å². The molecule has 0 aliphatic rings. The SMILES string of the molecule is CC(C)CCNC(=O)C(NS(=O)(=O)c1ccc(-c2ccc(F)cc2)cc1)C(C)C. The minimum absolute atomic E-state index is 0.0731. The van der Waals surface area contributed by atoms with Gasteiger partial charge in [-0.25, -0.2) is 12.8 Å². The Labute approximate surface area is 172 Å². The highest BCUT2D eigenvalue weighted by Gasteiger charge is 2.28. The van der Waals surface area contributed by atoms with E-state index in [0.717, 1.165) is 17.5 Å². The summed E-state index contributed by atoms with van der Waals surface area (Å²) in [5, 5.41) is 2.81. The third kappa shape index (κ3) is 6.65. The van der Waals surface area contributed by atoms with Gasteiger partial charge >= 0.3 is 0 Å². The van der Waals surface area contributed by atoms with Gasteiger partial charge in [-0.05, 0) is 53.6 Å². The van der Waals surface area contributed by atoms with Crippen LogP contribution in [0.5, 0.6) is 0 Å². The van der Waals surface area contributed by atoms with E-state index in [2.05, 4.69) is 23.9 Å². The van der Waals surface area contributed by atoms with E-state index in [4.69, 9.17) is 0 Å². The van der Waals surface area contributed by atoms with Gasteiger partial charge in [0, 0.05) is 6.54 Å². The van der Waals surface area contributed by atoms with Crippen LogP contribution in [0.25, 0.3) is 11.1 Å². The van der Waals surface area contributed by atoms with Gasteiger partial charge in [0.05, 0.1) is 4.90 Å². The zero-order chi connectivity index (χ0) is 21.6. The molecular formula is C22H29FN2O3S. The van der Waals surface area contributed by atoms with Crippen molar-refractivity contribution in [1.82, 2.24) is 10.0 Å². The van der Waals surface area contributed by atoms with Crippen molar-refractivity contribution < 1.29 is 17.6 Å². The van der Waals surface area contributed by atoms with Crippen LogP contribution in [0.1, 0.15) is 34.1 Å². The van der Waals surface area contributed by atoms with Crippen molar-refractivity contribution in [3.8, 4) is 11.1 Å². The second-order valence-electron chi connectivity index (χ2n) is 7.85. The summed E-state index contributed by atoms with van der Waals surface area (Å²) >= 11 is 0. The van der Waals surface area contributed by atoms with E-state index in [1.807, 2.05) is 0 Å². The lowest BCUT2D eigenvalue weighted by molar-refractivity contribution is -0.123. The second kappa shape index (κ2) is 9.98. The number of rotatable bonds is 9. The van der Waals surface area contributed by atoms with Gasteiger partial charge in [0.25, 0.3) is 0 Å². The molecule has 0 spiro atoms. The lowest BCUT2D eigenvalue weighted by Gasteiger charge is -2.22. The summed E-state index contributed by atoms with van der Waals surface area (Å²) in [6.07, 6.45) is 0.828. The van der Waals surface area contributed by atoms with Gasteiger partial charge in [0.15, 0.2) is 0 Å². The highest BCUT2D eigenvalue weighted by atomic mass is 32.2. The Bertz CT molecular complexity index is 908. The molecule has 0 aliphatic heterocycles. The maximum absolute atomic E-state index is 13.1. The molecule has 1 unspecified atom stereocenters. The van der Waals surface area contributed by atoms with Crippen LogP contribution < -0.4 is 10.0 Å². The summed E-state index contributed by atoms with van der Waals surface area (Å²) in [5.41, 5.74) is 1.56. The van der Waals surface area contributed by atoms with E-state index in [9.17, 15) is 17.6 Å². The fourth-order valence-corrected chi connectivity index (χ4v) is 4.13. The minimum atomic E-state index is -3.87. The molecule has 2 aromatic carbocycles. The van der Waals surface area contributed by atoms with Crippen molar-refractivity contribution >= 4 is 15.9 Å². The number of nitrogens with one attached hydrogen (secondary N) is 2. The molecule has 5 nitrogen and oxygen atoms in total. The number of halogens is 1. The fourth-order valence-electron chi connectivity index (χ4n) is 2.79. The molecule has 0 saturated heterocycles. The highest BCUT2D eigenvalue weighted by molar-refractivity contribution is 7.89. The van der Waals surface area contributed by atoms with E-state index in [0.29, 0.717) is 12.5 Å². The Kier molecular flexibility index (Phi) is 7.93.